The van der Waals surface area contributed by atoms with Crippen molar-refractivity contribution in [3.05, 3.63) is 35.0 Å². The van der Waals surface area contributed by atoms with Crippen molar-refractivity contribution in [2.75, 3.05) is 18.4 Å². The van der Waals surface area contributed by atoms with Gasteiger partial charge in [0, 0.05) is 16.9 Å². The molecule has 0 unspecified atom stereocenters. The van der Waals surface area contributed by atoms with Crippen LogP contribution in [0.5, 0.6) is 0 Å². The Morgan fingerprint density at radius 1 is 1.33 bits per heavy atom. The fourth-order valence-corrected chi connectivity index (χ4v) is 3.86. The highest BCUT2D eigenvalue weighted by Crippen LogP contribution is 2.30. The van der Waals surface area contributed by atoms with Crippen molar-refractivity contribution in [3.63, 3.8) is 0 Å². The minimum Gasteiger partial charge on any atom is -0.317 e. The van der Waals surface area contributed by atoms with E-state index in [1.54, 1.807) is 12.1 Å². The molecule has 0 radical (unpaired) electrons. The van der Waals surface area contributed by atoms with Crippen LogP contribution in [0.1, 0.15) is 30.6 Å². The molecular formula is C18H22FN3OS. The number of piperidine rings is 1. The Morgan fingerprint density at radius 3 is 2.75 bits per heavy atom. The lowest BCUT2D eigenvalue weighted by molar-refractivity contribution is -0.116. The van der Waals surface area contributed by atoms with Gasteiger partial charge in [0.2, 0.25) is 5.91 Å². The van der Waals surface area contributed by atoms with Crippen molar-refractivity contribution >= 4 is 22.4 Å². The van der Waals surface area contributed by atoms with Gasteiger partial charge in [0.15, 0.2) is 5.13 Å². The molecule has 2 N–H and O–H groups in total. The van der Waals surface area contributed by atoms with Crippen LogP contribution in [-0.2, 0) is 4.79 Å². The van der Waals surface area contributed by atoms with Crippen LogP contribution in [0.2, 0.25) is 0 Å². The number of hydrogen-bond donors (Lipinski definition) is 2. The van der Waals surface area contributed by atoms with Gasteiger partial charge in [-0.15, -0.1) is 11.3 Å². The first-order valence-corrected chi connectivity index (χ1v) is 9.17. The summed E-state index contributed by atoms with van der Waals surface area (Å²) >= 11 is 1.46. The van der Waals surface area contributed by atoms with Crippen LogP contribution in [0, 0.1) is 18.7 Å². The molecule has 1 aliphatic rings. The molecule has 0 aliphatic carbocycles. The fraction of sp³-hybridized carbons (Fsp3) is 0.444. The molecule has 1 fully saturated rings. The molecular weight excluding hydrogens is 325 g/mol. The van der Waals surface area contributed by atoms with Gasteiger partial charge in [0.1, 0.15) is 5.82 Å². The summed E-state index contributed by atoms with van der Waals surface area (Å²) in [5.41, 5.74) is 1.66. The molecule has 4 nitrogen and oxygen atoms in total. The summed E-state index contributed by atoms with van der Waals surface area (Å²) in [5, 5.41) is 6.85. The highest BCUT2D eigenvalue weighted by molar-refractivity contribution is 7.16. The second-order valence-corrected chi connectivity index (χ2v) is 7.41. The average molecular weight is 347 g/mol. The van der Waals surface area contributed by atoms with Gasteiger partial charge in [-0.1, -0.05) is 0 Å². The zero-order valence-electron chi connectivity index (χ0n) is 13.8. The third-order valence-electron chi connectivity index (χ3n) is 4.40. The highest BCUT2D eigenvalue weighted by atomic mass is 32.1. The smallest absolute Gasteiger partial charge is 0.226 e. The number of aryl methyl sites for hydroxylation is 1. The van der Waals surface area contributed by atoms with E-state index in [2.05, 4.69) is 15.6 Å². The monoisotopic (exact) mass is 347 g/mol. The van der Waals surface area contributed by atoms with Gasteiger partial charge in [-0.25, -0.2) is 9.37 Å². The summed E-state index contributed by atoms with van der Waals surface area (Å²) in [6.45, 7) is 4.07. The molecule has 0 saturated carbocycles. The van der Waals surface area contributed by atoms with Crippen LogP contribution in [0.25, 0.3) is 11.3 Å². The van der Waals surface area contributed by atoms with Crippen molar-refractivity contribution in [3.8, 4) is 11.3 Å². The molecule has 1 amide bonds. The molecule has 3 rings (SSSR count). The Kier molecular flexibility index (Phi) is 5.58. The molecule has 128 valence electrons. The van der Waals surface area contributed by atoms with E-state index in [1.807, 2.05) is 6.92 Å². The molecule has 1 aliphatic heterocycles. The summed E-state index contributed by atoms with van der Waals surface area (Å²) in [7, 11) is 0. The number of carbonyl (C=O) groups excluding carboxylic acids is 1. The highest BCUT2D eigenvalue weighted by Gasteiger charge is 2.16. The fourth-order valence-electron chi connectivity index (χ4n) is 3.01. The lowest BCUT2D eigenvalue weighted by atomic mass is 9.93. The van der Waals surface area contributed by atoms with Gasteiger partial charge < -0.3 is 10.6 Å². The van der Waals surface area contributed by atoms with E-state index in [0.717, 1.165) is 48.5 Å². The van der Waals surface area contributed by atoms with Crippen molar-refractivity contribution < 1.29 is 9.18 Å². The molecule has 6 heteroatoms. The van der Waals surface area contributed by atoms with Gasteiger partial charge in [-0.2, -0.15) is 0 Å². The number of amides is 1. The van der Waals surface area contributed by atoms with Gasteiger partial charge in [-0.05, 0) is 69.5 Å². The zero-order valence-corrected chi connectivity index (χ0v) is 14.6. The number of rotatable bonds is 5. The first-order chi connectivity index (χ1) is 11.6. The van der Waals surface area contributed by atoms with Crippen molar-refractivity contribution in [1.82, 2.24) is 10.3 Å². The summed E-state index contributed by atoms with van der Waals surface area (Å²) in [5.74, 6) is 0.399. The van der Waals surface area contributed by atoms with E-state index < -0.39 is 0 Å². The van der Waals surface area contributed by atoms with Crippen LogP contribution in [0.3, 0.4) is 0 Å². The maximum Gasteiger partial charge on any atom is 0.226 e. The molecule has 2 heterocycles. The first-order valence-electron chi connectivity index (χ1n) is 8.36. The van der Waals surface area contributed by atoms with E-state index in [0.29, 0.717) is 17.5 Å². The summed E-state index contributed by atoms with van der Waals surface area (Å²) in [6, 6.07) is 6.26. The third kappa shape index (κ3) is 4.39. The van der Waals surface area contributed by atoms with Crippen molar-refractivity contribution in [2.24, 2.45) is 5.92 Å². The maximum atomic E-state index is 13.0. The van der Waals surface area contributed by atoms with Gasteiger partial charge >= 0.3 is 0 Å². The molecule has 2 aromatic rings. The largest absolute Gasteiger partial charge is 0.317 e. The van der Waals surface area contributed by atoms with E-state index in [1.165, 1.54) is 23.5 Å². The SMILES string of the molecule is Cc1sc(NC(=O)CCC2CCNCC2)nc1-c1ccc(F)cc1. The quantitative estimate of drug-likeness (QED) is 0.860. The number of carbonyl (C=O) groups is 1. The number of anilines is 1. The minimum atomic E-state index is -0.266. The number of thiazole rings is 1. The molecule has 0 bridgehead atoms. The Balaban J connectivity index is 1.58. The number of aromatic nitrogens is 1. The molecule has 1 aromatic heterocycles. The standard InChI is InChI=1S/C18H22FN3OS/c1-12-17(14-3-5-15(19)6-4-14)22-18(24-12)21-16(23)7-2-13-8-10-20-11-9-13/h3-6,13,20H,2,7-11H2,1H3,(H,21,22,23). The summed E-state index contributed by atoms with van der Waals surface area (Å²) in [6.07, 6.45) is 3.77. The second kappa shape index (κ2) is 7.85. The number of hydrogen-bond acceptors (Lipinski definition) is 4. The number of nitrogens with zero attached hydrogens (tertiary/aromatic N) is 1. The number of nitrogens with one attached hydrogen (secondary N) is 2. The molecule has 0 spiro atoms. The Hall–Kier alpha value is -1.79. The number of benzene rings is 1. The Bertz CT molecular complexity index is 693. The molecule has 1 saturated heterocycles. The third-order valence-corrected chi connectivity index (χ3v) is 5.29. The molecule has 0 atom stereocenters. The summed E-state index contributed by atoms with van der Waals surface area (Å²) < 4.78 is 13.0. The van der Waals surface area contributed by atoms with Crippen molar-refractivity contribution in [2.45, 2.75) is 32.6 Å². The van der Waals surface area contributed by atoms with E-state index in [9.17, 15) is 9.18 Å². The second-order valence-electron chi connectivity index (χ2n) is 6.21. The predicted molar refractivity (Wildman–Crippen MR) is 95.7 cm³/mol. The predicted octanol–water partition coefficient (Wildman–Crippen LogP) is 3.98. The van der Waals surface area contributed by atoms with Crippen LogP contribution in [0.4, 0.5) is 9.52 Å². The van der Waals surface area contributed by atoms with Gasteiger partial charge in [-0.3, -0.25) is 4.79 Å². The van der Waals surface area contributed by atoms with Crippen LogP contribution < -0.4 is 10.6 Å². The molecule has 1 aromatic carbocycles. The van der Waals surface area contributed by atoms with Gasteiger partial charge in [0.25, 0.3) is 0 Å². The Morgan fingerprint density at radius 2 is 2.04 bits per heavy atom. The first kappa shape index (κ1) is 17.0. The van der Waals surface area contributed by atoms with Crippen LogP contribution in [-0.4, -0.2) is 24.0 Å². The van der Waals surface area contributed by atoms with Crippen molar-refractivity contribution in [1.29, 1.82) is 0 Å². The number of halogens is 1. The summed E-state index contributed by atoms with van der Waals surface area (Å²) in [4.78, 5) is 17.7. The van der Waals surface area contributed by atoms with Gasteiger partial charge in [0.05, 0.1) is 5.69 Å². The van der Waals surface area contributed by atoms with E-state index in [4.69, 9.17) is 0 Å². The Labute approximate surface area is 145 Å². The topological polar surface area (TPSA) is 54.0 Å². The molecule has 24 heavy (non-hydrogen) atoms. The average Bonchev–Trinajstić information content (AvgIpc) is 2.95. The van der Waals surface area contributed by atoms with Crippen LogP contribution >= 0.6 is 11.3 Å². The van der Waals surface area contributed by atoms with E-state index >= 15 is 0 Å². The van der Waals surface area contributed by atoms with Crippen LogP contribution in [0.15, 0.2) is 24.3 Å². The minimum absolute atomic E-state index is 0.0212. The normalized spacial score (nSPS) is 15.4. The maximum absolute atomic E-state index is 13.0. The van der Waals surface area contributed by atoms with E-state index in [-0.39, 0.29) is 11.7 Å². The lowest BCUT2D eigenvalue weighted by Gasteiger charge is -2.21. The lowest BCUT2D eigenvalue weighted by Crippen LogP contribution is -2.28. The zero-order chi connectivity index (χ0) is 16.9.